The second-order valence-corrected chi connectivity index (χ2v) is 5.47. The molecule has 0 bridgehead atoms. The number of hydrogen-bond acceptors (Lipinski definition) is 2. The molecule has 18 heavy (non-hydrogen) atoms. The fourth-order valence-electron chi connectivity index (χ4n) is 3.21. The third kappa shape index (κ3) is 2.94. The van der Waals surface area contributed by atoms with Crippen LogP contribution in [0.5, 0.6) is 0 Å². The van der Waals surface area contributed by atoms with E-state index >= 15 is 0 Å². The SMILES string of the molecule is CCNC(c1cc(CC)nn1C)C1CCCCC1. The van der Waals surface area contributed by atoms with E-state index in [1.165, 1.54) is 43.5 Å². The Morgan fingerprint density at radius 2 is 2.06 bits per heavy atom. The van der Waals surface area contributed by atoms with Gasteiger partial charge in [-0.15, -0.1) is 0 Å². The maximum atomic E-state index is 4.60. The molecule has 1 aromatic rings. The first-order chi connectivity index (χ1) is 8.76. The summed E-state index contributed by atoms with van der Waals surface area (Å²) >= 11 is 0. The minimum atomic E-state index is 0.494. The third-order valence-electron chi connectivity index (χ3n) is 4.19. The minimum Gasteiger partial charge on any atom is -0.309 e. The predicted octanol–water partition coefficient (Wildman–Crippen LogP) is 3.21. The van der Waals surface area contributed by atoms with Crippen LogP contribution in [0.4, 0.5) is 0 Å². The highest BCUT2D eigenvalue weighted by Gasteiger charge is 2.26. The van der Waals surface area contributed by atoms with E-state index in [0.29, 0.717) is 6.04 Å². The Hall–Kier alpha value is -0.830. The van der Waals surface area contributed by atoms with Gasteiger partial charge in [0.05, 0.1) is 17.4 Å². The molecule has 2 rings (SSSR count). The molecule has 0 spiro atoms. The summed E-state index contributed by atoms with van der Waals surface area (Å²) in [5.41, 5.74) is 2.59. The van der Waals surface area contributed by atoms with Crippen molar-refractivity contribution in [1.82, 2.24) is 15.1 Å². The lowest BCUT2D eigenvalue weighted by molar-refractivity contribution is 0.265. The molecule has 3 nitrogen and oxygen atoms in total. The number of rotatable bonds is 5. The molecule has 102 valence electrons. The highest BCUT2D eigenvalue weighted by molar-refractivity contribution is 5.15. The van der Waals surface area contributed by atoms with Crippen LogP contribution >= 0.6 is 0 Å². The zero-order chi connectivity index (χ0) is 13.0. The second-order valence-electron chi connectivity index (χ2n) is 5.47. The van der Waals surface area contributed by atoms with Crippen molar-refractivity contribution in [3.63, 3.8) is 0 Å². The summed E-state index contributed by atoms with van der Waals surface area (Å²) < 4.78 is 2.08. The van der Waals surface area contributed by atoms with E-state index in [4.69, 9.17) is 0 Å². The summed E-state index contributed by atoms with van der Waals surface area (Å²) in [6.45, 7) is 5.41. The van der Waals surface area contributed by atoms with Gasteiger partial charge in [-0.3, -0.25) is 4.68 Å². The van der Waals surface area contributed by atoms with Crippen molar-refractivity contribution in [2.75, 3.05) is 6.54 Å². The normalized spacial score (nSPS) is 19.1. The van der Waals surface area contributed by atoms with Gasteiger partial charge < -0.3 is 5.32 Å². The van der Waals surface area contributed by atoms with Crippen molar-refractivity contribution >= 4 is 0 Å². The first-order valence-corrected chi connectivity index (χ1v) is 7.52. The van der Waals surface area contributed by atoms with Gasteiger partial charge in [0, 0.05) is 7.05 Å². The Morgan fingerprint density at radius 3 is 2.61 bits per heavy atom. The lowest BCUT2D eigenvalue weighted by Gasteiger charge is -2.30. The molecule has 1 aromatic heterocycles. The van der Waals surface area contributed by atoms with E-state index < -0.39 is 0 Å². The highest BCUT2D eigenvalue weighted by Crippen LogP contribution is 2.34. The quantitative estimate of drug-likeness (QED) is 0.868. The maximum absolute atomic E-state index is 4.60. The molecule has 0 aliphatic heterocycles. The molecule has 0 aromatic carbocycles. The van der Waals surface area contributed by atoms with Crippen molar-refractivity contribution in [3.05, 3.63) is 17.5 Å². The van der Waals surface area contributed by atoms with Crippen LogP contribution in [-0.2, 0) is 13.5 Å². The lowest BCUT2D eigenvalue weighted by Crippen LogP contribution is -2.31. The predicted molar refractivity (Wildman–Crippen MR) is 75.6 cm³/mol. The molecule has 0 radical (unpaired) electrons. The van der Waals surface area contributed by atoms with Crippen LogP contribution in [-0.4, -0.2) is 16.3 Å². The van der Waals surface area contributed by atoms with Crippen LogP contribution in [0.25, 0.3) is 0 Å². The Morgan fingerprint density at radius 1 is 1.33 bits per heavy atom. The maximum Gasteiger partial charge on any atom is 0.0625 e. The molecule has 1 aliphatic rings. The Labute approximate surface area is 111 Å². The monoisotopic (exact) mass is 249 g/mol. The van der Waals surface area contributed by atoms with Crippen molar-refractivity contribution < 1.29 is 0 Å². The number of aryl methyl sites for hydroxylation is 2. The molecule has 1 aliphatic carbocycles. The van der Waals surface area contributed by atoms with Gasteiger partial charge in [0.1, 0.15) is 0 Å². The molecule has 0 saturated heterocycles. The van der Waals surface area contributed by atoms with Crippen LogP contribution in [0.1, 0.15) is 63.4 Å². The van der Waals surface area contributed by atoms with Crippen LogP contribution in [0, 0.1) is 5.92 Å². The average molecular weight is 249 g/mol. The molecule has 1 saturated carbocycles. The number of nitrogens with one attached hydrogen (secondary N) is 1. The van der Waals surface area contributed by atoms with Crippen molar-refractivity contribution in [1.29, 1.82) is 0 Å². The van der Waals surface area contributed by atoms with Gasteiger partial charge >= 0.3 is 0 Å². The smallest absolute Gasteiger partial charge is 0.0625 e. The van der Waals surface area contributed by atoms with Gasteiger partial charge in [0.15, 0.2) is 0 Å². The van der Waals surface area contributed by atoms with E-state index in [-0.39, 0.29) is 0 Å². The molecule has 1 atom stereocenters. The van der Waals surface area contributed by atoms with Crippen molar-refractivity contribution in [3.8, 4) is 0 Å². The molecule has 1 fully saturated rings. The standard InChI is InChI=1S/C15H27N3/c1-4-13-11-14(18(3)17-13)15(16-5-2)12-9-7-6-8-10-12/h11-12,15-16H,4-10H2,1-3H3. The third-order valence-corrected chi connectivity index (χ3v) is 4.19. The van der Waals surface area contributed by atoms with E-state index in [0.717, 1.165) is 18.9 Å². The van der Waals surface area contributed by atoms with Crippen LogP contribution in [0.2, 0.25) is 0 Å². The van der Waals surface area contributed by atoms with Crippen LogP contribution in [0.15, 0.2) is 6.07 Å². The Balaban J connectivity index is 2.19. The number of nitrogens with zero attached hydrogens (tertiary/aromatic N) is 2. The Kier molecular flexibility index (Phi) is 4.81. The zero-order valence-electron chi connectivity index (χ0n) is 12.1. The molecular formula is C15H27N3. The molecule has 1 heterocycles. The van der Waals surface area contributed by atoms with E-state index in [2.05, 4.69) is 42.1 Å². The topological polar surface area (TPSA) is 29.9 Å². The minimum absolute atomic E-state index is 0.494. The average Bonchev–Trinajstić information content (AvgIpc) is 2.78. The largest absolute Gasteiger partial charge is 0.309 e. The first kappa shape index (κ1) is 13.6. The summed E-state index contributed by atoms with van der Waals surface area (Å²) in [7, 11) is 2.08. The Bertz CT molecular complexity index is 364. The van der Waals surface area contributed by atoms with Gasteiger partial charge in [0.2, 0.25) is 0 Å². The summed E-state index contributed by atoms with van der Waals surface area (Å²) in [6.07, 6.45) is 7.96. The van der Waals surface area contributed by atoms with E-state index in [1.807, 2.05) is 0 Å². The summed E-state index contributed by atoms with van der Waals surface area (Å²) in [5.74, 6) is 0.791. The van der Waals surface area contributed by atoms with Gasteiger partial charge in [-0.2, -0.15) is 5.10 Å². The van der Waals surface area contributed by atoms with E-state index in [1.54, 1.807) is 0 Å². The van der Waals surface area contributed by atoms with Gasteiger partial charge in [0.25, 0.3) is 0 Å². The number of aromatic nitrogens is 2. The van der Waals surface area contributed by atoms with Crippen LogP contribution in [0.3, 0.4) is 0 Å². The van der Waals surface area contributed by atoms with Crippen molar-refractivity contribution in [2.45, 2.75) is 58.4 Å². The molecule has 3 heteroatoms. The molecule has 1 N–H and O–H groups in total. The van der Waals surface area contributed by atoms with Crippen molar-refractivity contribution in [2.24, 2.45) is 13.0 Å². The van der Waals surface area contributed by atoms with E-state index in [9.17, 15) is 0 Å². The number of hydrogen-bond donors (Lipinski definition) is 1. The van der Waals surface area contributed by atoms with Crippen LogP contribution < -0.4 is 5.32 Å². The lowest BCUT2D eigenvalue weighted by atomic mass is 9.82. The second kappa shape index (κ2) is 6.37. The fraction of sp³-hybridized carbons (Fsp3) is 0.800. The summed E-state index contributed by atoms with van der Waals surface area (Å²) in [4.78, 5) is 0. The van der Waals surface area contributed by atoms with Gasteiger partial charge in [-0.05, 0) is 37.8 Å². The summed E-state index contributed by atoms with van der Waals surface area (Å²) in [5, 5.41) is 8.29. The first-order valence-electron chi connectivity index (χ1n) is 7.52. The van der Waals surface area contributed by atoms with Gasteiger partial charge in [-0.25, -0.2) is 0 Å². The molecule has 0 amide bonds. The zero-order valence-corrected chi connectivity index (χ0v) is 12.1. The highest BCUT2D eigenvalue weighted by atomic mass is 15.3. The molecular weight excluding hydrogens is 222 g/mol. The van der Waals surface area contributed by atoms with Gasteiger partial charge in [-0.1, -0.05) is 33.1 Å². The molecule has 1 unspecified atom stereocenters. The summed E-state index contributed by atoms with van der Waals surface area (Å²) in [6, 6.07) is 2.79. The fourth-order valence-corrected chi connectivity index (χ4v) is 3.21.